The van der Waals surface area contributed by atoms with Crippen molar-refractivity contribution in [3.8, 4) is 16.9 Å². The summed E-state index contributed by atoms with van der Waals surface area (Å²) in [6.45, 7) is 4.22. The topological polar surface area (TPSA) is 51.5 Å². The first-order chi connectivity index (χ1) is 12.6. The summed E-state index contributed by atoms with van der Waals surface area (Å²) >= 11 is 0. The fraction of sp³-hybridized carbons (Fsp3) is 0.143. The predicted molar refractivity (Wildman–Crippen MR) is 104 cm³/mol. The number of fused-ring (bicyclic) bond motifs is 1. The molecule has 0 aliphatic heterocycles. The van der Waals surface area contributed by atoms with Crippen LogP contribution in [-0.2, 0) is 0 Å². The number of anilines is 2. The zero-order valence-electron chi connectivity index (χ0n) is 15.0. The summed E-state index contributed by atoms with van der Waals surface area (Å²) in [7, 11) is 1.65. The van der Waals surface area contributed by atoms with Gasteiger partial charge in [0.2, 0.25) is 5.95 Å². The molecule has 2 aromatic carbocycles. The van der Waals surface area contributed by atoms with Gasteiger partial charge in [-0.05, 0) is 43.7 Å². The summed E-state index contributed by atoms with van der Waals surface area (Å²) < 4.78 is 7.16. The maximum atomic E-state index is 5.37. The van der Waals surface area contributed by atoms with Crippen molar-refractivity contribution in [3.05, 3.63) is 71.9 Å². The number of benzene rings is 2. The smallest absolute Gasteiger partial charge is 0.247 e. The summed E-state index contributed by atoms with van der Waals surface area (Å²) in [6.07, 6.45) is 2.00. The van der Waals surface area contributed by atoms with Crippen LogP contribution in [0.25, 0.3) is 16.8 Å². The Morgan fingerprint density at radius 2 is 1.69 bits per heavy atom. The van der Waals surface area contributed by atoms with Crippen LogP contribution in [0.3, 0.4) is 0 Å². The van der Waals surface area contributed by atoms with Gasteiger partial charge in [0.15, 0.2) is 5.65 Å². The molecule has 4 aromatic rings. The monoisotopic (exact) mass is 344 g/mol. The van der Waals surface area contributed by atoms with E-state index >= 15 is 0 Å². The second-order valence-electron chi connectivity index (χ2n) is 6.36. The van der Waals surface area contributed by atoms with E-state index in [2.05, 4.69) is 53.5 Å². The molecule has 0 saturated carbocycles. The number of rotatable bonds is 4. The number of hydrogen-bond acceptors (Lipinski definition) is 4. The molecule has 130 valence electrons. The highest BCUT2D eigenvalue weighted by Gasteiger charge is 2.08. The van der Waals surface area contributed by atoms with Crippen LogP contribution in [0.2, 0.25) is 0 Å². The van der Waals surface area contributed by atoms with Crippen LogP contribution in [0, 0.1) is 13.8 Å². The summed E-state index contributed by atoms with van der Waals surface area (Å²) in [5.74, 6) is 1.29. The number of para-hydroxylation sites is 2. The quantitative estimate of drug-likeness (QED) is 0.580. The Morgan fingerprint density at radius 1 is 0.923 bits per heavy atom. The molecule has 5 heteroatoms. The van der Waals surface area contributed by atoms with E-state index in [0.717, 1.165) is 22.6 Å². The fourth-order valence-electron chi connectivity index (χ4n) is 3.12. The van der Waals surface area contributed by atoms with Crippen molar-refractivity contribution in [3.63, 3.8) is 0 Å². The second-order valence-corrected chi connectivity index (χ2v) is 6.36. The fourth-order valence-corrected chi connectivity index (χ4v) is 3.12. The Kier molecular flexibility index (Phi) is 4.05. The second kappa shape index (κ2) is 6.52. The van der Waals surface area contributed by atoms with E-state index in [0.29, 0.717) is 5.95 Å². The van der Waals surface area contributed by atoms with Gasteiger partial charge in [0, 0.05) is 11.8 Å². The number of aromatic nitrogens is 3. The average molecular weight is 344 g/mol. The Morgan fingerprint density at radius 3 is 2.46 bits per heavy atom. The molecular formula is C21H20N4O. The normalized spacial score (nSPS) is 10.9. The number of nitrogens with one attached hydrogen (secondary N) is 1. The van der Waals surface area contributed by atoms with Crippen molar-refractivity contribution >= 4 is 17.3 Å². The van der Waals surface area contributed by atoms with Crippen LogP contribution >= 0.6 is 0 Å². The molecule has 1 N–H and O–H groups in total. The molecule has 2 heterocycles. The Hall–Kier alpha value is -3.34. The number of pyridine rings is 1. The highest BCUT2D eigenvalue weighted by Crippen LogP contribution is 2.27. The molecular weight excluding hydrogens is 324 g/mol. The van der Waals surface area contributed by atoms with Gasteiger partial charge in [0.25, 0.3) is 0 Å². The molecule has 0 fully saturated rings. The van der Waals surface area contributed by atoms with Gasteiger partial charge in [0.05, 0.1) is 12.8 Å². The Balaban J connectivity index is 1.70. The molecule has 0 radical (unpaired) electrons. The molecule has 2 aromatic heterocycles. The first-order valence-electron chi connectivity index (χ1n) is 8.47. The van der Waals surface area contributed by atoms with Gasteiger partial charge in [-0.1, -0.05) is 41.5 Å². The van der Waals surface area contributed by atoms with Gasteiger partial charge in [-0.2, -0.15) is 4.98 Å². The van der Waals surface area contributed by atoms with Gasteiger partial charge in [-0.25, -0.2) is 4.52 Å². The first-order valence-corrected chi connectivity index (χ1v) is 8.47. The Labute approximate surface area is 152 Å². The van der Waals surface area contributed by atoms with Crippen LogP contribution < -0.4 is 10.1 Å². The lowest BCUT2D eigenvalue weighted by Gasteiger charge is -2.07. The standard InChI is InChI=1S/C21H20N4O/c1-14-10-15(2)12-17(11-14)16-8-9-20-23-21(24-25(20)13-16)22-18-6-4-5-7-19(18)26-3/h4-13H,1-3H3,(H,22,24). The third-order valence-electron chi connectivity index (χ3n) is 4.24. The highest BCUT2D eigenvalue weighted by molar-refractivity contribution is 5.67. The lowest BCUT2D eigenvalue weighted by molar-refractivity contribution is 0.417. The summed E-state index contributed by atoms with van der Waals surface area (Å²) in [4.78, 5) is 4.54. The van der Waals surface area contributed by atoms with Gasteiger partial charge in [-0.3, -0.25) is 0 Å². The molecule has 0 spiro atoms. The molecule has 4 rings (SSSR count). The zero-order chi connectivity index (χ0) is 18.1. The minimum Gasteiger partial charge on any atom is -0.495 e. The third kappa shape index (κ3) is 3.11. The van der Waals surface area contributed by atoms with Crippen molar-refractivity contribution < 1.29 is 4.74 Å². The van der Waals surface area contributed by atoms with Gasteiger partial charge >= 0.3 is 0 Å². The molecule has 0 unspecified atom stereocenters. The molecule has 5 nitrogen and oxygen atoms in total. The van der Waals surface area contributed by atoms with E-state index in [9.17, 15) is 0 Å². The highest BCUT2D eigenvalue weighted by atomic mass is 16.5. The number of ether oxygens (including phenoxy) is 1. The maximum absolute atomic E-state index is 5.37. The average Bonchev–Trinajstić information content (AvgIpc) is 3.02. The van der Waals surface area contributed by atoms with Crippen molar-refractivity contribution in [2.24, 2.45) is 0 Å². The van der Waals surface area contributed by atoms with Gasteiger partial charge < -0.3 is 10.1 Å². The number of methoxy groups -OCH3 is 1. The lowest BCUT2D eigenvalue weighted by atomic mass is 10.0. The molecule has 0 bridgehead atoms. The molecule has 0 amide bonds. The van der Waals surface area contributed by atoms with Gasteiger partial charge in [0.1, 0.15) is 5.75 Å². The maximum Gasteiger partial charge on any atom is 0.247 e. The van der Waals surface area contributed by atoms with E-state index in [1.807, 2.05) is 36.5 Å². The molecule has 0 aliphatic carbocycles. The van der Waals surface area contributed by atoms with E-state index in [1.54, 1.807) is 11.6 Å². The zero-order valence-corrected chi connectivity index (χ0v) is 15.0. The number of hydrogen-bond donors (Lipinski definition) is 1. The van der Waals surface area contributed by atoms with Crippen LogP contribution in [-0.4, -0.2) is 21.7 Å². The first kappa shape index (κ1) is 16.1. The predicted octanol–water partition coefficient (Wildman–Crippen LogP) is 4.77. The minimum absolute atomic E-state index is 0.534. The summed E-state index contributed by atoms with van der Waals surface area (Å²) in [5.41, 5.74) is 6.41. The van der Waals surface area contributed by atoms with Crippen molar-refractivity contribution in [1.82, 2.24) is 14.6 Å². The molecule has 0 aliphatic rings. The van der Waals surface area contributed by atoms with E-state index in [4.69, 9.17) is 4.74 Å². The molecule has 0 atom stereocenters. The minimum atomic E-state index is 0.534. The summed E-state index contributed by atoms with van der Waals surface area (Å²) in [5, 5.41) is 7.78. The Bertz CT molecular complexity index is 1060. The van der Waals surface area contributed by atoms with Crippen LogP contribution in [0.15, 0.2) is 60.8 Å². The lowest BCUT2D eigenvalue weighted by Crippen LogP contribution is -1.96. The van der Waals surface area contributed by atoms with Crippen LogP contribution in [0.4, 0.5) is 11.6 Å². The largest absolute Gasteiger partial charge is 0.495 e. The van der Waals surface area contributed by atoms with Crippen LogP contribution in [0.5, 0.6) is 5.75 Å². The molecule has 0 saturated heterocycles. The van der Waals surface area contributed by atoms with E-state index in [-0.39, 0.29) is 0 Å². The van der Waals surface area contributed by atoms with Crippen LogP contribution in [0.1, 0.15) is 11.1 Å². The number of aryl methyl sites for hydroxylation is 2. The van der Waals surface area contributed by atoms with Crippen molar-refractivity contribution in [1.29, 1.82) is 0 Å². The summed E-state index contributed by atoms with van der Waals surface area (Å²) in [6, 6.07) is 18.3. The van der Waals surface area contributed by atoms with E-state index in [1.165, 1.54) is 16.7 Å². The van der Waals surface area contributed by atoms with Crippen molar-refractivity contribution in [2.75, 3.05) is 12.4 Å². The van der Waals surface area contributed by atoms with Crippen molar-refractivity contribution in [2.45, 2.75) is 13.8 Å². The van der Waals surface area contributed by atoms with E-state index < -0.39 is 0 Å². The van der Waals surface area contributed by atoms with Gasteiger partial charge in [-0.15, -0.1) is 5.10 Å². The third-order valence-corrected chi connectivity index (χ3v) is 4.24. The number of nitrogens with zero attached hydrogens (tertiary/aromatic N) is 3. The SMILES string of the molecule is COc1ccccc1Nc1nc2ccc(-c3cc(C)cc(C)c3)cn2n1. The molecule has 26 heavy (non-hydrogen) atoms.